The van der Waals surface area contributed by atoms with E-state index in [0.717, 1.165) is 22.7 Å². The Balaban J connectivity index is 2.54. The Bertz CT molecular complexity index is 504. The monoisotopic (exact) mass is 285 g/mol. The first-order valence-corrected chi connectivity index (χ1v) is 5.89. The highest BCUT2D eigenvalue weighted by molar-refractivity contribution is 9.08. The van der Waals surface area contributed by atoms with Gasteiger partial charge >= 0.3 is 0 Å². The second kappa shape index (κ2) is 4.29. The lowest BCUT2D eigenvalue weighted by atomic mass is 10.2. The van der Waals surface area contributed by atoms with Crippen LogP contribution >= 0.6 is 15.9 Å². The maximum atomic E-state index is 5.30. The van der Waals surface area contributed by atoms with Crippen molar-refractivity contribution in [2.24, 2.45) is 7.05 Å². The zero-order valence-corrected chi connectivity index (χ0v) is 10.9. The van der Waals surface area contributed by atoms with Crippen molar-refractivity contribution in [3.05, 3.63) is 17.5 Å². The van der Waals surface area contributed by atoms with Crippen molar-refractivity contribution in [1.29, 1.82) is 0 Å². The van der Waals surface area contributed by atoms with E-state index in [1.165, 1.54) is 0 Å². The van der Waals surface area contributed by atoms with Gasteiger partial charge in [-0.3, -0.25) is 0 Å². The highest BCUT2D eigenvalue weighted by atomic mass is 79.9. The molecule has 0 aliphatic rings. The second-order valence-electron chi connectivity index (χ2n) is 3.41. The fourth-order valence-electron chi connectivity index (χ4n) is 1.66. The number of methoxy groups -OCH3 is 1. The van der Waals surface area contributed by atoms with Crippen LogP contribution in [-0.2, 0) is 12.4 Å². The fraction of sp³-hybridized carbons (Fsp3) is 0.400. The molecule has 0 spiro atoms. The fourth-order valence-corrected chi connectivity index (χ4v) is 1.92. The van der Waals surface area contributed by atoms with Gasteiger partial charge < -0.3 is 9.26 Å². The number of nitrogens with zero attached hydrogens (tertiary/aromatic N) is 3. The predicted octanol–water partition coefficient (Wildman–Crippen LogP) is 2.29. The lowest BCUT2D eigenvalue weighted by Crippen LogP contribution is -1.95. The summed E-state index contributed by atoms with van der Waals surface area (Å²) >= 11 is 3.32. The molecule has 0 unspecified atom stereocenters. The van der Waals surface area contributed by atoms with Gasteiger partial charge in [-0.2, -0.15) is 5.10 Å². The summed E-state index contributed by atoms with van der Waals surface area (Å²) in [4.78, 5) is 0. The van der Waals surface area contributed by atoms with Crippen molar-refractivity contribution in [3.63, 3.8) is 0 Å². The number of aromatic nitrogens is 3. The van der Waals surface area contributed by atoms with Crippen LogP contribution in [0.1, 0.15) is 11.5 Å². The van der Waals surface area contributed by atoms with Gasteiger partial charge in [-0.05, 0) is 6.92 Å². The normalized spacial score (nSPS) is 10.8. The van der Waals surface area contributed by atoms with E-state index < -0.39 is 0 Å². The largest absolute Gasteiger partial charge is 0.481 e. The van der Waals surface area contributed by atoms with Crippen LogP contribution in [0.15, 0.2) is 10.6 Å². The van der Waals surface area contributed by atoms with Crippen molar-refractivity contribution < 1.29 is 9.26 Å². The van der Waals surface area contributed by atoms with Crippen LogP contribution in [0.4, 0.5) is 0 Å². The lowest BCUT2D eigenvalue weighted by Gasteiger charge is -2.01. The Morgan fingerprint density at radius 3 is 2.88 bits per heavy atom. The summed E-state index contributed by atoms with van der Waals surface area (Å²) in [5, 5.41) is 8.93. The molecule has 0 bridgehead atoms. The van der Waals surface area contributed by atoms with Crippen molar-refractivity contribution in [1.82, 2.24) is 14.9 Å². The van der Waals surface area contributed by atoms with Gasteiger partial charge in [-0.15, -0.1) is 0 Å². The predicted molar refractivity (Wildman–Crippen MR) is 62.6 cm³/mol. The van der Waals surface area contributed by atoms with Crippen molar-refractivity contribution in [2.75, 3.05) is 7.11 Å². The molecule has 2 heterocycles. The highest BCUT2D eigenvalue weighted by Gasteiger charge is 2.19. The number of ether oxygens (including phenoxy) is 1. The molecule has 86 valence electrons. The maximum absolute atomic E-state index is 5.30. The smallest absolute Gasteiger partial charge is 0.221 e. The summed E-state index contributed by atoms with van der Waals surface area (Å²) < 4.78 is 12.1. The zero-order valence-electron chi connectivity index (χ0n) is 9.32. The van der Waals surface area contributed by atoms with E-state index in [0.29, 0.717) is 11.2 Å². The van der Waals surface area contributed by atoms with E-state index in [1.54, 1.807) is 11.8 Å². The lowest BCUT2D eigenvalue weighted by molar-refractivity contribution is 0.373. The van der Waals surface area contributed by atoms with Gasteiger partial charge in [-0.1, -0.05) is 21.1 Å². The molecule has 0 fully saturated rings. The third-order valence-electron chi connectivity index (χ3n) is 2.31. The first-order chi connectivity index (χ1) is 7.67. The number of rotatable bonds is 3. The van der Waals surface area contributed by atoms with Crippen LogP contribution < -0.4 is 4.74 Å². The van der Waals surface area contributed by atoms with E-state index >= 15 is 0 Å². The molecule has 0 aliphatic carbocycles. The van der Waals surface area contributed by atoms with Crippen LogP contribution in [0.3, 0.4) is 0 Å². The number of halogens is 1. The molecular formula is C10H12BrN3O2. The first kappa shape index (κ1) is 11.2. The van der Waals surface area contributed by atoms with Crippen LogP contribution in [0, 0.1) is 6.92 Å². The van der Waals surface area contributed by atoms with Gasteiger partial charge in [0, 0.05) is 13.1 Å². The Hall–Kier alpha value is -1.30. The van der Waals surface area contributed by atoms with Crippen LogP contribution in [0.2, 0.25) is 0 Å². The number of alkyl halides is 1. The zero-order chi connectivity index (χ0) is 11.7. The molecule has 2 rings (SSSR count). The molecule has 5 nitrogen and oxygen atoms in total. The minimum atomic E-state index is 0.641. The van der Waals surface area contributed by atoms with Gasteiger partial charge in [-0.25, -0.2) is 4.68 Å². The van der Waals surface area contributed by atoms with Crippen molar-refractivity contribution >= 4 is 15.9 Å². The summed E-state index contributed by atoms with van der Waals surface area (Å²) in [5.41, 5.74) is 2.49. The summed E-state index contributed by atoms with van der Waals surface area (Å²) in [5.74, 6) is 1.47. The Morgan fingerprint density at radius 2 is 2.31 bits per heavy atom. The summed E-state index contributed by atoms with van der Waals surface area (Å²) in [6, 6.07) is 1.88. The van der Waals surface area contributed by atoms with Gasteiger partial charge in [0.2, 0.25) is 5.88 Å². The molecule has 0 atom stereocenters. The summed E-state index contributed by atoms with van der Waals surface area (Å²) in [7, 11) is 3.45. The third-order valence-corrected chi connectivity index (χ3v) is 2.86. The molecule has 16 heavy (non-hydrogen) atoms. The first-order valence-electron chi connectivity index (χ1n) is 4.77. The van der Waals surface area contributed by atoms with E-state index in [9.17, 15) is 0 Å². The molecule has 0 N–H and O–H groups in total. The second-order valence-corrected chi connectivity index (χ2v) is 3.97. The van der Waals surface area contributed by atoms with Crippen molar-refractivity contribution in [3.8, 4) is 17.1 Å². The average Bonchev–Trinajstić information content (AvgIpc) is 2.82. The van der Waals surface area contributed by atoms with E-state index in [2.05, 4.69) is 26.2 Å². The van der Waals surface area contributed by atoms with E-state index in [1.807, 2.05) is 20.0 Å². The molecule has 0 saturated carbocycles. The molecule has 0 radical (unpaired) electrons. The van der Waals surface area contributed by atoms with Gasteiger partial charge in [0.25, 0.3) is 0 Å². The van der Waals surface area contributed by atoms with E-state index in [-0.39, 0.29) is 0 Å². The molecule has 0 aromatic carbocycles. The standard InChI is InChI=1S/C10H12BrN3O2/c1-6-9(10(15-3)14(2)12-6)8-4-7(5-11)16-13-8/h4H,5H2,1-3H3. The topological polar surface area (TPSA) is 53.1 Å². The summed E-state index contributed by atoms with van der Waals surface area (Å²) in [6.45, 7) is 1.92. The maximum Gasteiger partial charge on any atom is 0.221 e. The van der Waals surface area contributed by atoms with Gasteiger partial charge in [0.15, 0.2) is 0 Å². The van der Waals surface area contributed by atoms with Crippen LogP contribution in [0.5, 0.6) is 5.88 Å². The quantitative estimate of drug-likeness (QED) is 0.812. The average molecular weight is 286 g/mol. The Labute approximate surface area is 102 Å². The number of hydrogen-bond donors (Lipinski definition) is 0. The number of aryl methyl sites for hydroxylation is 2. The molecule has 2 aromatic rings. The molecule has 0 aliphatic heterocycles. The molecule has 0 saturated heterocycles. The SMILES string of the molecule is COc1c(-c2cc(CBr)on2)c(C)nn1C. The minimum absolute atomic E-state index is 0.641. The Morgan fingerprint density at radius 1 is 1.56 bits per heavy atom. The molecule has 6 heteroatoms. The molecular weight excluding hydrogens is 274 g/mol. The highest BCUT2D eigenvalue weighted by Crippen LogP contribution is 2.32. The van der Waals surface area contributed by atoms with Gasteiger partial charge in [0.05, 0.1) is 23.7 Å². The Kier molecular flexibility index (Phi) is 3.00. The summed E-state index contributed by atoms with van der Waals surface area (Å²) in [6.07, 6.45) is 0. The van der Waals surface area contributed by atoms with Gasteiger partial charge in [0.1, 0.15) is 11.5 Å². The minimum Gasteiger partial charge on any atom is -0.481 e. The molecule has 0 amide bonds. The van der Waals surface area contributed by atoms with E-state index in [4.69, 9.17) is 9.26 Å². The number of hydrogen-bond acceptors (Lipinski definition) is 4. The van der Waals surface area contributed by atoms with Crippen LogP contribution in [0.25, 0.3) is 11.3 Å². The van der Waals surface area contributed by atoms with Crippen molar-refractivity contribution in [2.45, 2.75) is 12.3 Å². The van der Waals surface area contributed by atoms with Crippen LogP contribution in [-0.4, -0.2) is 22.0 Å². The third kappa shape index (κ3) is 1.73. The molecule has 2 aromatic heterocycles.